The minimum absolute atomic E-state index is 0.436. The monoisotopic (exact) mass is 265 g/mol. The highest BCUT2D eigenvalue weighted by Gasteiger charge is 2.22. The summed E-state index contributed by atoms with van der Waals surface area (Å²) in [7, 11) is 2.09. The molecule has 0 aromatic rings. The molecule has 0 aromatic heterocycles. The molecule has 4 heteroatoms. The molecule has 0 N–H and O–H groups in total. The summed E-state index contributed by atoms with van der Waals surface area (Å²) in [6, 6.07) is 2.65. The van der Waals surface area contributed by atoms with Gasteiger partial charge in [0.25, 0.3) is 0 Å². The zero-order valence-corrected chi connectivity index (χ0v) is 8.78. The lowest BCUT2D eigenvalue weighted by Crippen LogP contribution is -2.47. The van der Waals surface area contributed by atoms with E-state index in [4.69, 9.17) is 5.26 Å². The SMILES string of the molecule is CN1CCN(I)C[C@H]1CC#N. The molecule has 1 aliphatic rings. The molecule has 0 aliphatic carbocycles. The van der Waals surface area contributed by atoms with Crippen LogP contribution in [0.2, 0.25) is 0 Å². The van der Waals surface area contributed by atoms with Crippen LogP contribution in [0, 0.1) is 11.3 Å². The summed E-state index contributed by atoms with van der Waals surface area (Å²) in [6.45, 7) is 3.21. The number of likely N-dealkylation sites (N-methyl/N-ethyl adjacent to an activating group) is 1. The van der Waals surface area contributed by atoms with Crippen LogP contribution in [-0.2, 0) is 0 Å². The van der Waals surface area contributed by atoms with Crippen LogP contribution in [-0.4, -0.2) is 40.7 Å². The Bertz CT molecular complexity index is 166. The third-order valence-corrected chi connectivity index (χ3v) is 2.93. The number of rotatable bonds is 1. The van der Waals surface area contributed by atoms with Crippen molar-refractivity contribution in [3.8, 4) is 6.07 Å². The van der Waals surface area contributed by atoms with Gasteiger partial charge >= 0.3 is 0 Å². The normalized spacial score (nSPS) is 28.3. The van der Waals surface area contributed by atoms with Crippen molar-refractivity contribution in [1.82, 2.24) is 8.01 Å². The highest BCUT2D eigenvalue weighted by Crippen LogP contribution is 2.13. The van der Waals surface area contributed by atoms with Crippen molar-refractivity contribution in [3.63, 3.8) is 0 Å². The lowest BCUT2D eigenvalue weighted by atomic mass is 10.1. The molecule has 0 amide bonds. The molecule has 1 rings (SSSR count). The van der Waals surface area contributed by atoms with Crippen LogP contribution < -0.4 is 0 Å². The molecule has 1 aliphatic heterocycles. The van der Waals surface area contributed by atoms with Gasteiger partial charge in [0.1, 0.15) is 0 Å². The van der Waals surface area contributed by atoms with Crippen molar-refractivity contribution in [2.75, 3.05) is 26.7 Å². The quantitative estimate of drug-likeness (QED) is 0.520. The van der Waals surface area contributed by atoms with E-state index < -0.39 is 0 Å². The number of nitriles is 1. The first-order chi connectivity index (χ1) is 5.24. The molecule has 1 atom stereocenters. The molecule has 1 heterocycles. The van der Waals surface area contributed by atoms with E-state index in [2.05, 4.69) is 44.0 Å². The highest BCUT2D eigenvalue weighted by atomic mass is 127. The van der Waals surface area contributed by atoms with Gasteiger partial charge in [0.05, 0.1) is 12.5 Å². The molecule has 62 valence electrons. The largest absolute Gasteiger partial charge is 0.300 e. The molecular weight excluding hydrogens is 253 g/mol. The molecule has 0 radical (unpaired) electrons. The van der Waals surface area contributed by atoms with Crippen LogP contribution in [0.5, 0.6) is 0 Å². The zero-order chi connectivity index (χ0) is 8.27. The number of hydrogen-bond donors (Lipinski definition) is 0. The third-order valence-electron chi connectivity index (χ3n) is 2.05. The summed E-state index contributed by atoms with van der Waals surface area (Å²) in [5.74, 6) is 0. The fourth-order valence-corrected chi connectivity index (χ4v) is 1.90. The first-order valence-electron chi connectivity index (χ1n) is 3.72. The van der Waals surface area contributed by atoms with Crippen LogP contribution in [0.25, 0.3) is 0 Å². The lowest BCUT2D eigenvalue weighted by molar-refractivity contribution is 0.166. The Hall–Kier alpha value is 0.140. The van der Waals surface area contributed by atoms with Gasteiger partial charge in [0.15, 0.2) is 0 Å². The second-order valence-corrected chi connectivity index (χ2v) is 4.23. The summed E-state index contributed by atoms with van der Waals surface area (Å²) in [5.41, 5.74) is 0. The van der Waals surface area contributed by atoms with Gasteiger partial charge in [-0.15, -0.1) is 0 Å². The van der Waals surface area contributed by atoms with Crippen LogP contribution in [0.15, 0.2) is 0 Å². The topological polar surface area (TPSA) is 30.3 Å². The van der Waals surface area contributed by atoms with Gasteiger partial charge < -0.3 is 0 Å². The standard InChI is InChI=1S/C7H12IN3/c1-10-4-5-11(8)6-7(10)2-3-9/h7H,2,4-6H2,1H3/t7-/m1/s1. The Morgan fingerprint density at radius 2 is 2.36 bits per heavy atom. The van der Waals surface area contributed by atoms with Crippen molar-refractivity contribution < 1.29 is 0 Å². The van der Waals surface area contributed by atoms with E-state index in [-0.39, 0.29) is 0 Å². The van der Waals surface area contributed by atoms with Crippen LogP contribution in [0.4, 0.5) is 0 Å². The smallest absolute Gasteiger partial charge is 0.0638 e. The zero-order valence-electron chi connectivity index (χ0n) is 6.63. The Kier molecular flexibility index (Phi) is 3.55. The second-order valence-electron chi connectivity index (χ2n) is 2.87. The van der Waals surface area contributed by atoms with Gasteiger partial charge in [-0.1, -0.05) is 0 Å². The van der Waals surface area contributed by atoms with E-state index in [1.54, 1.807) is 0 Å². The van der Waals surface area contributed by atoms with Gasteiger partial charge in [-0.05, 0) is 7.05 Å². The Morgan fingerprint density at radius 1 is 1.64 bits per heavy atom. The predicted octanol–water partition coefficient (Wildman–Crippen LogP) is 0.866. The predicted molar refractivity (Wildman–Crippen MR) is 52.2 cm³/mol. The minimum atomic E-state index is 0.436. The summed E-state index contributed by atoms with van der Waals surface area (Å²) in [5, 5.41) is 8.52. The number of hydrogen-bond acceptors (Lipinski definition) is 3. The summed E-state index contributed by atoms with van der Waals surface area (Å²) in [6.07, 6.45) is 0.649. The molecule has 1 saturated heterocycles. The van der Waals surface area contributed by atoms with E-state index >= 15 is 0 Å². The maximum absolute atomic E-state index is 8.52. The van der Waals surface area contributed by atoms with Crippen molar-refractivity contribution in [2.45, 2.75) is 12.5 Å². The first kappa shape index (κ1) is 9.23. The van der Waals surface area contributed by atoms with Gasteiger partial charge in [0.2, 0.25) is 0 Å². The van der Waals surface area contributed by atoms with E-state index in [1.807, 2.05) is 0 Å². The van der Waals surface area contributed by atoms with Crippen LogP contribution in [0.3, 0.4) is 0 Å². The average molecular weight is 265 g/mol. The second kappa shape index (κ2) is 4.24. The molecule has 3 nitrogen and oxygen atoms in total. The summed E-state index contributed by atoms with van der Waals surface area (Å²) in [4.78, 5) is 2.26. The molecular formula is C7H12IN3. The van der Waals surface area contributed by atoms with Gasteiger partial charge in [0, 0.05) is 48.5 Å². The minimum Gasteiger partial charge on any atom is -0.300 e. The van der Waals surface area contributed by atoms with E-state index in [9.17, 15) is 0 Å². The molecule has 11 heavy (non-hydrogen) atoms. The van der Waals surface area contributed by atoms with Crippen LogP contribution in [0.1, 0.15) is 6.42 Å². The Labute approximate surface area is 81.5 Å². The Balaban J connectivity index is 2.42. The van der Waals surface area contributed by atoms with E-state index in [0.717, 1.165) is 19.6 Å². The van der Waals surface area contributed by atoms with Gasteiger partial charge in [-0.3, -0.25) is 4.90 Å². The van der Waals surface area contributed by atoms with Gasteiger partial charge in [-0.25, -0.2) is 3.11 Å². The van der Waals surface area contributed by atoms with Crippen molar-refractivity contribution in [2.24, 2.45) is 0 Å². The maximum Gasteiger partial charge on any atom is 0.0638 e. The molecule has 1 fully saturated rings. The third kappa shape index (κ3) is 2.58. The summed E-state index contributed by atoms with van der Waals surface area (Å²) >= 11 is 2.32. The van der Waals surface area contributed by atoms with Crippen molar-refractivity contribution >= 4 is 22.9 Å². The number of halogens is 1. The lowest BCUT2D eigenvalue weighted by Gasteiger charge is -2.35. The Morgan fingerprint density at radius 3 is 3.00 bits per heavy atom. The fraction of sp³-hybridized carbons (Fsp3) is 0.857. The van der Waals surface area contributed by atoms with Crippen molar-refractivity contribution in [1.29, 1.82) is 5.26 Å². The van der Waals surface area contributed by atoms with Gasteiger partial charge in [-0.2, -0.15) is 5.26 Å². The average Bonchev–Trinajstić information content (AvgIpc) is 1.98. The molecule has 0 saturated carbocycles. The molecule has 0 bridgehead atoms. The fourth-order valence-electron chi connectivity index (χ4n) is 1.23. The number of piperazine rings is 1. The first-order valence-corrected chi connectivity index (χ1v) is 4.68. The van der Waals surface area contributed by atoms with Crippen LogP contribution >= 0.6 is 22.9 Å². The van der Waals surface area contributed by atoms with Crippen molar-refractivity contribution in [3.05, 3.63) is 0 Å². The van der Waals surface area contributed by atoms with E-state index in [0.29, 0.717) is 12.5 Å². The number of nitrogens with zero attached hydrogens (tertiary/aromatic N) is 3. The highest BCUT2D eigenvalue weighted by molar-refractivity contribution is 14.1. The molecule has 0 spiro atoms. The molecule has 0 unspecified atom stereocenters. The maximum atomic E-state index is 8.52. The molecule has 0 aromatic carbocycles. The summed E-state index contributed by atoms with van der Waals surface area (Å²) < 4.78 is 2.25. The van der Waals surface area contributed by atoms with E-state index in [1.165, 1.54) is 0 Å².